The highest BCUT2D eigenvalue weighted by molar-refractivity contribution is 7.89. The summed E-state index contributed by atoms with van der Waals surface area (Å²) in [6, 6.07) is 7.48. The summed E-state index contributed by atoms with van der Waals surface area (Å²) in [5.41, 5.74) is 2.73. The van der Waals surface area contributed by atoms with Crippen molar-refractivity contribution in [2.45, 2.75) is 37.8 Å². The minimum Gasteiger partial charge on any atom is -0.463 e. The summed E-state index contributed by atoms with van der Waals surface area (Å²) in [6.07, 6.45) is 1.61. The lowest BCUT2D eigenvalue weighted by Crippen LogP contribution is -2.56. The topological polar surface area (TPSA) is 99.3 Å². The predicted molar refractivity (Wildman–Crippen MR) is 147 cm³/mol. The number of thiophene rings is 1. The molecule has 204 valence electrons. The van der Waals surface area contributed by atoms with Gasteiger partial charge in [0.15, 0.2) is 0 Å². The van der Waals surface area contributed by atoms with E-state index in [9.17, 15) is 18.0 Å². The number of benzene rings is 1. The number of hydrogen-bond donors (Lipinski definition) is 1. The maximum absolute atomic E-state index is 13.3. The van der Waals surface area contributed by atoms with Crippen LogP contribution in [-0.4, -0.2) is 79.9 Å². The van der Waals surface area contributed by atoms with Crippen LogP contribution in [0.3, 0.4) is 0 Å². The predicted octanol–water partition coefficient (Wildman–Crippen LogP) is 3.52. The van der Waals surface area contributed by atoms with Crippen molar-refractivity contribution in [3.63, 3.8) is 0 Å². The number of carbonyl (C=O) groups is 2. The number of ether oxygens (including phenoxy) is 1. The molecule has 4 rings (SSSR count). The molecule has 2 aromatic rings. The summed E-state index contributed by atoms with van der Waals surface area (Å²) in [5, 5.41) is 6.75. The first-order valence-corrected chi connectivity index (χ1v) is 15.0. The maximum atomic E-state index is 13.3. The van der Waals surface area contributed by atoms with Crippen LogP contribution in [0.4, 0.5) is 4.79 Å². The number of nitrogens with one attached hydrogen (secondary N) is 1. The van der Waals surface area contributed by atoms with Crippen molar-refractivity contribution in [2.75, 3.05) is 39.3 Å². The van der Waals surface area contributed by atoms with Crippen molar-refractivity contribution in [1.29, 1.82) is 0 Å². The van der Waals surface area contributed by atoms with Crippen molar-refractivity contribution >= 4 is 33.4 Å². The Hall–Kier alpha value is -2.99. The van der Waals surface area contributed by atoms with Crippen molar-refractivity contribution in [3.05, 3.63) is 76.1 Å². The van der Waals surface area contributed by atoms with E-state index in [1.54, 1.807) is 37.3 Å². The molecule has 0 radical (unpaired) electrons. The second kappa shape index (κ2) is 11.8. The van der Waals surface area contributed by atoms with Gasteiger partial charge in [-0.1, -0.05) is 23.8 Å². The summed E-state index contributed by atoms with van der Waals surface area (Å²) in [4.78, 5) is 30.3. The summed E-state index contributed by atoms with van der Waals surface area (Å²) in [7, 11) is -3.65. The monoisotopic (exact) mass is 558 g/mol. The molecule has 1 fully saturated rings. The highest BCUT2D eigenvalue weighted by atomic mass is 32.2. The number of nitrogens with zero attached hydrogens (tertiary/aromatic N) is 3. The second-order valence-electron chi connectivity index (χ2n) is 9.43. The van der Waals surface area contributed by atoms with Crippen LogP contribution < -0.4 is 5.32 Å². The van der Waals surface area contributed by atoms with Gasteiger partial charge in [-0.15, -0.1) is 6.58 Å². The molecule has 1 aromatic heterocycles. The lowest BCUT2D eigenvalue weighted by Gasteiger charge is -2.42. The first kappa shape index (κ1) is 28.0. The number of esters is 1. The van der Waals surface area contributed by atoms with Crippen molar-refractivity contribution < 1.29 is 22.7 Å². The Labute approximate surface area is 228 Å². The minimum absolute atomic E-state index is 0.202. The van der Waals surface area contributed by atoms with E-state index in [4.69, 9.17) is 4.74 Å². The van der Waals surface area contributed by atoms with Gasteiger partial charge >= 0.3 is 12.0 Å². The molecule has 2 atom stereocenters. The molecule has 1 saturated heterocycles. The number of aryl methyl sites for hydroxylation is 1. The van der Waals surface area contributed by atoms with E-state index < -0.39 is 22.0 Å². The van der Waals surface area contributed by atoms with Gasteiger partial charge in [0.25, 0.3) is 0 Å². The third-order valence-corrected chi connectivity index (χ3v) is 9.50. The number of rotatable bonds is 9. The SMILES string of the molecule is C=CCN1C(=O)NC(c2ccsc2)C(C(=O)OCC)=C1CN1CCN(S(=O)(=O)c2ccc(C)cc2)C(C)C1. The van der Waals surface area contributed by atoms with Crippen LogP contribution in [0.2, 0.25) is 0 Å². The molecule has 2 aliphatic heterocycles. The van der Waals surface area contributed by atoms with Gasteiger partial charge in [0.1, 0.15) is 0 Å². The fourth-order valence-corrected chi connectivity index (χ4v) is 7.21. The highest BCUT2D eigenvalue weighted by Gasteiger charge is 2.40. The standard InChI is InChI=1S/C27H34N4O5S2/c1-5-12-30-23(24(26(32)36-6-2)25(28-27(30)33)21-11-15-37-18-21)17-29-13-14-31(20(4)16-29)38(34,35)22-9-7-19(3)8-10-22/h5,7-11,15,18,20,25H,1,6,12-14,16-17H2,2-4H3,(H,28,33). The molecular weight excluding hydrogens is 524 g/mol. The molecule has 1 N–H and O–H groups in total. The van der Waals surface area contributed by atoms with Gasteiger partial charge in [0.2, 0.25) is 10.0 Å². The zero-order chi connectivity index (χ0) is 27.4. The molecule has 2 aliphatic rings. The largest absolute Gasteiger partial charge is 0.463 e. The summed E-state index contributed by atoms with van der Waals surface area (Å²) >= 11 is 1.48. The average molecular weight is 559 g/mol. The highest BCUT2D eigenvalue weighted by Crippen LogP contribution is 2.33. The average Bonchev–Trinajstić information content (AvgIpc) is 3.41. The minimum atomic E-state index is -3.65. The van der Waals surface area contributed by atoms with Gasteiger partial charge in [-0.05, 0) is 55.3 Å². The molecule has 38 heavy (non-hydrogen) atoms. The maximum Gasteiger partial charge on any atom is 0.338 e. The number of piperazine rings is 1. The van der Waals surface area contributed by atoms with Crippen LogP contribution >= 0.6 is 11.3 Å². The van der Waals surface area contributed by atoms with E-state index in [1.165, 1.54) is 20.5 Å². The van der Waals surface area contributed by atoms with Gasteiger partial charge in [-0.2, -0.15) is 15.6 Å². The Morgan fingerprint density at radius 1 is 1.24 bits per heavy atom. The first-order chi connectivity index (χ1) is 18.2. The Morgan fingerprint density at radius 2 is 1.97 bits per heavy atom. The van der Waals surface area contributed by atoms with Gasteiger partial charge in [0.05, 0.1) is 23.1 Å². The molecule has 11 heteroatoms. The van der Waals surface area contributed by atoms with Crippen LogP contribution in [0.5, 0.6) is 0 Å². The first-order valence-electron chi connectivity index (χ1n) is 12.6. The van der Waals surface area contributed by atoms with E-state index in [0.29, 0.717) is 37.4 Å². The Kier molecular flexibility index (Phi) is 8.71. The summed E-state index contributed by atoms with van der Waals surface area (Å²) in [5.74, 6) is -0.485. The molecule has 3 heterocycles. The Morgan fingerprint density at radius 3 is 2.58 bits per heavy atom. The van der Waals surface area contributed by atoms with Crippen LogP contribution in [0, 0.1) is 6.92 Å². The lowest BCUT2D eigenvalue weighted by molar-refractivity contribution is -0.139. The van der Waals surface area contributed by atoms with Crippen molar-refractivity contribution in [2.24, 2.45) is 0 Å². The fourth-order valence-electron chi connectivity index (χ4n) is 4.91. The number of amides is 2. The van der Waals surface area contributed by atoms with E-state index >= 15 is 0 Å². The van der Waals surface area contributed by atoms with Crippen LogP contribution in [0.25, 0.3) is 0 Å². The van der Waals surface area contributed by atoms with Crippen molar-refractivity contribution in [1.82, 2.24) is 19.4 Å². The molecule has 2 unspecified atom stereocenters. The van der Waals surface area contributed by atoms with E-state index in [1.807, 2.05) is 30.7 Å². The summed E-state index contributed by atoms with van der Waals surface area (Å²) < 4.78 is 33.6. The molecule has 0 spiro atoms. The third-order valence-electron chi connectivity index (χ3n) is 6.77. The van der Waals surface area contributed by atoms with Crippen LogP contribution in [0.15, 0.2) is 69.9 Å². The fraction of sp³-hybridized carbons (Fsp3) is 0.407. The normalized spacial score (nSPS) is 21.3. The number of hydrogen-bond acceptors (Lipinski definition) is 7. The lowest BCUT2D eigenvalue weighted by atomic mass is 9.96. The number of sulfonamides is 1. The molecule has 0 saturated carbocycles. The van der Waals surface area contributed by atoms with Crippen LogP contribution in [-0.2, 0) is 19.6 Å². The van der Waals surface area contributed by atoms with Crippen molar-refractivity contribution in [3.8, 4) is 0 Å². The smallest absolute Gasteiger partial charge is 0.338 e. The Balaban J connectivity index is 1.64. The quantitative estimate of drug-likeness (QED) is 0.374. The van der Waals surface area contributed by atoms with Gasteiger partial charge < -0.3 is 10.1 Å². The van der Waals surface area contributed by atoms with E-state index in [-0.39, 0.29) is 30.1 Å². The van der Waals surface area contributed by atoms with Gasteiger partial charge in [-0.3, -0.25) is 9.80 Å². The van der Waals surface area contributed by atoms with E-state index in [0.717, 1.165) is 11.1 Å². The third kappa shape index (κ3) is 5.70. The van der Waals surface area contributed by atoms with Gasteiger partial charge in [0, 0.05) is 44.5 Å². The molecular formula is C27H34N4O5S2. The number of carbonyl (C=O) groups excluding carboxylic acids is 2. The second-order valence-corrected chi connectivity index (χ2v) is 12.1. The van der Waals surface area contributed by atoms with Crippen LogP contribution in [0.1, 0.15) is 31.0 Å². The molecule has 2 amide bonds. The van der Waals surface area contributed by atoms with E-state index in [2.05, 4.69) is 16.8 Å². The zero-order valence-corrected chi connectivity index (χ0v) is 23.6. The molecule has 1 aromatic carbocycles. The number of urea groups is 1. The van der Waals surface area contributed by atoms with Gasteiger partial charge in [-0.25, -0.2) is 18.0 Å². The molecule has 0 bridgehead atoms. The molecule has 9 nitrogen and oxygen atoms in total. The zero-order valence-electron chi connectivity index (χ0n) is 21.9. The molecule has 0 aliphatic carbocycles. The summed E-state index contributed by atoms with van der Waals surface area (Å²) in [6.45, 7) is 11.2. The Bertz CT molecular complexity index is 1310.